The van der Waals surface area contributed by atoms with Gasteiger partial charge in [0.1, 0.15) is 6.10 Å². The van der Waals surface area contributed by atoms with Crippen LogP contribution in [0.5, 0.6) is 0 Å². The zero-order valence-corrected chi connectivity index (χ0v) is 34.5. The Kier molecular flexibility index (Phi) is 41.8. The zero-order chi connectivity index (χ0) is 36.4. The highest BCUT2D eigenvalue weighted by atomic mass is 16.5. The minimum Gasteiger partial charge on any atom is -0.462 e. The van der Waals surface area contributed by atoms with Crippen LogP contribution < -0.4 is 0 Å². The molecule has 0 aliphatic rings. The van der Waals surface area contributed by atoms with Gasteiger partial charge in [-0.2, -0.15) is 0 Å². The Balaban J connectivity index is 3.99. The number of carbonyl (C=O) groups excluding carboxylic acids is 1. The minimum atomic E-state index is 0.0396. The number of aliphatic hydroxyl groups excluding tert-OH is 1. The number of hydrogen-bond donors (Lipinski definition) is 1. The second-order valence-electron chi connectivity index (χ2n) is 15.6. The van der Waals surface area contributed by atoms with E-state index >= 15 is 0 Å². The molecule has 0 heterocycles. The van der Waals surface area contributed by atoms with Gasteiger partial charge < -0.3 is 14.7 Å². The summed E-state index contributed by atoms with van der Waals surface area (Å²) < 4.78 is 6.04. The Bertz CT molecular complexity index is 664. The first-order chi connectivity index (χ1) is 24.7. The molecule has 0 amide bonds. The summed E-state index contributed by atoms with van der Waals surface area (Å²) in [6, 6.07) is 0. The molecule has 0 atom stereocenters. The van der Waals surface area contributed by atoms with Crippen molar-refractivity contribution in [3.63, 3.8) is 0 Å². The first-order valence-electron chi connectivity index (χ1n) is 22.9. The Hall–Kier alpha value is -0.870. The van der Waals surface area contributed by atoms with E-state index in [9.17, 15) is 9.90 Å². The third-order valence-electron chi connectivity index (χ3n) is 10.5. The summed E-state index contributed by atoms with van der Waals surface area (Å²) in [6.45, 7) is 10.5. The highest BCUT2D eigenvalue weighted by Crippen LogP contribution is 2.18. The number of esters is 1. The first-order valence-corrected chi connectivity index (χ1v) is 22.9. The van der Waals surface area contributed by atoms with Crippen LogP contribution in [0.2, 0.25) is 0 Å². The quantitative estimate of drug-likeness (QED) is 0.0390. The standard InChI is InChI=1S/C46H91NO3/c1-4-7-10-13-16-17-18-19-20-21-22-23-24-25-30-35-41-47(43-37-44-48)42-36-31-26-29-34-40-46(49)50-45(38-32-27-14-11-8-5-2)39-33-28-15-12-9-6-3/h19-20,45,48H,4-18,21-44H2,1-3H3/b20-19-. The molecular weight excluding hydrogens is 615 g/mol. The number of hydrogen-bond acceptors (Lipinski definition) is 4. The topological polar surface area (TPSA) is 49.8 Å². The average Bonchev–Trinajstić information content (AvgIpc) is 3.12. The number of rotatable bonds is 42. The lowest BCUT2D eigenvalue weighted by atomic mass is 10.0. The summed E-state index contributed by atoms with van der Waals surface area (Å²) in [5, 5.41) is 9.39. The van der Waals surface area contributed by atoms with Gasteiger partial charge in [0.15, 0.2) is 0 Å². The monoisotopic (exact) mass is 706 g/mol. The van der Waals surface area contributed by atoms with Crippen molar-refractivity contribution in [2.24, 2.45) is 0 Å². The third-order valence-corrected chi connectivity index (χ3v) is 10.5. The fourth-order valence-corrected chi connectivity index (χ4v) is 7.16. The fraction of sp³-hybridized carbons (Fsp3) is 0.935. The van der Waals surface area contributed by atoms with Crippen molar-refractivity contribution in [3.8, 4) is 0 Å². The lowest BCUT2D eigenvalue weighted by molar-refractivity contribution is -0.150. The normalized spacial score (nSPS) is 11.9. The van der Waals surface area contributed by atoms with Crippen molar-refractivity contribution in [1.29, 1.82) is 0 Å². The molecule has 0 fully saturated rings. The van der Waals surface area contributed by atoms with Gasteiger partial charge in [-0.05, 0) is 90.1 Å². The Morgan fingerprint density at radius 2 is 0.840 bits per heavy atom. The van der Waals surface area contributed by atoms with E-state index in [4.69, 9.17) is 4.74 Å². The van der Waals surface area contributed by atoms with Crippen molar-refractivity contribution in [2.75, 3.05) is 26.2 Å². The van der Waals surface area contributed by atoms with Gasteiger partial charge in [-0.15, -0.1) is 0 Å². The smallest absolute Gasteiger partial charge is 0.306 e. The van der Waals surface area contributed by atoms with E-state index in [0.717, 1.165) is 45.2 Å². The molecule has 0 saturated carbocycles. The highest BCUT2D eigenvalue weighted by molar-refractivity contribution is 5.69. The number of nitrogens with zero attached hydrogens (tertiary/aromatic N) is 1. The van der Waals surface area contributed by atoms with E-state index < -0.39 is 0 Å². The van der Waals surface area contributed by atoms with Crippen LogP contribution in [0.15, 0.2) is 12.2 Å². The molecule has 0 aromatic rings. The molecule has 0 aliphatic carbocycles. The van der Waals surface area contributed by atoms with Gasteiger partial charge in [0.25, 0.3) is 0 Å². The molecule has 50 heavy (non-hydrogen) atoms. The van der Waals surface area contributed by atoms with E-state index in [-0.39, 0.29) is 12.1 Å². The number of allylic oxidation sites excluding steroid dienone is 2. The molecule has 0 aromatic heterocycles. The lowest BCUT2D eigenvalue weighted by Crippen LogP contribution is -2.27. The van der Waals surface area contributed by atoms with Gasteiger partial charge in [0.05, 0.1) is 0 Å². The molecule has 0 aromatic carbocycles. The molecule has 0 saturated heterocycles. The molecule has 1 N–H and O–H groups in total. The molecule has 4 heteroatoms. The van der Waals surface area contributed by atoms with Crippen molar-refractivity contribution >= 4 is 5.97 Å². The minimum absolute atomic E-state index is 0.0396. The molecule has 0 unspecified atom stereocenters. The Labute approximate surface area is 314 Å². The third kappa shape index (κ3) is 38.4. The molecule has 0 aliphatic heterocycles. The average molecular weight is 706 g/mol. The van der Waals surface area contributed by atoms with Gasteiger partial charge in [-0.25, -0.2) is 0 Å². The number of carbonyl (C=O) groups is 1. The van der Waals surface area contributed by atoms with Gasteiger partial charge >= 0.3 is 5.97 Å². The van der Waals surface area contributed by atoms with E-state index in [1.807, 2.05) is 0 Å². The van der Waals surface area contributed by atoms with Crippen LogP contribution in [0.4, 0.5) is 0 Å². The lowest BCUT2D eigenvalue weighted by Gasteiger charge is -2.22. The fourth-order valence-electron chi connectivity index (χ4n) is 7.16. The van der Waals surface area contributed by atoms with Crippen LogP contribution in [-0.2, 0) is 9.53 Å². The van der Waals surface area contributed by atoms with Crippen LogP contribution in [0.1, 0.15) is 245 Å². The maximum atomic E-state index is 12.7. The molecule has 0 spiro atoms. The molecule has 0 rings (SSSR count). The number of aliphatic hydroxyl groups is 1. The van der Waals surface area contributed by atoms with Crippen LogP contribution in [0.25, 0.3) is 0 Å². The van der Waals surface area contributed by atoms with Crippen molar-refractivity contribution in [3.05, 3.63) is 12.2 Å². The predicted molar refractivity (Wildman–Crippen MR) is 221 cm³/mol. The highest BCUT2D eigenvalue weighted by Gasteiger charge is 2.14. The first kappa shape index (κ1) is 49.1. The molecule has 4 nitrogen and oxygen atoms in total. The zero-order valence-electron chi connectivity index (χ0n) is 34.5. The number of ether oxygens (including phenoxy) is 1. The van der Waals surface area contributed by atoms with Gasteiger partial charge in [-0.1, -0.05) is 174 Å². The summed E-state index contributed by atoms with van der Waals surface area (Å²) in [5.41, 5.74) is 0. The second kappa shape index (κ2) is 42.5. The maximum Gasteiger partial charge on any atom is 0.306 e. The van der Waals surface area contributed by atoms with E-state index in [0.29, 0.717) is 13.0 Å². The second-order valence-corrected chi connectivity index (χ2v) is 15.6. The van der Waals surface area contributed by atoms with Gasteiger partial charge in [0, 0.05) is 19.6 Å². The summed E-state index contributed by atoms with van der Waals surface area (Å²) in [7, 11) is 0. The van der Waals surface area contributed by atoms with E-state index in [1.165, 1.54) is 193 Å². The van der Waals surface area contributed by atoms with Crippen LogP contribution in [0, 0.1) is 0 Å². The van der Waals surface area contributed by atoms with E-state index in [1.54, 1.807) is 0 Å². The van der Waals surface area contributed by atoms with Crippen molar-refractivity contribution < 1.29 is 14.6 Å². The SMILES string of the molecule is CCCCCCCC/C=C\CCCCCCCCN(CCCO)CCCCCCCC(=O)OC(CCCCCCCC)CCCCCCCC. The van der Waals surface area contributed by atoms with Crippen LogP contribution in [0.3, 0.4) is 0 Å². The largest absolute Gasteiger partial charge is 0.462 e. The summed E-state index contributed by atoms with van der Waals surface area (Å²) in [6.07, 6.45) is 48.8. The number of unbranched alkanes of at least 4 members (excludes halogenated alkanes) is 26. The molecular formula is C46H91NO3. The van der Waals surface area contributed by atoms with Gasteiger partial charge in [0.2, 0.25) is 0 Å². The Morgan fingerprint density at radius 3 is 1.28 bits per heavy atom. The molecule has 298 valence electrons. The summed E-state index contributed by atoms with van der Waals surface area (Å²) in [4.78, 5) is 15.3. The predicted octanol–water partition coefficient (Wildman–Crippen LogP) is 14.5. The van der Waals surface area contributed by atoms with Gasteiger partial charge in [-0.3, -0.25) is 4.79 Å². The van der Waals surface area contributed by atoms with Crippen molar-refractivity contribution in [2.45, 2.75) is 252 Å². The van der Waals surface area contributed by atoms with Crippen molar-refractivity contribution in [1.82, 2.24) is 4.90 Å². The Morgan fingerprint density at radius 1 is 0.480 bits per heavy atom. The van der Waals surface area contributed by atoms with E-state index in [2.05, 4.69) is 37.8 Å². The van der Waals surface area contributed by atoms with Crippen LogP contribution in [-0.4, -0.2) is 48.3 Å². The maximum absolute atomic E-state index is 12.7. The molecule has 0 radical (unpaired) electrons. The summed E-state index contributed by atoms with van der Waals surface area (Å²) in [5.74, 6) is 0.0396. The van der Waals surface area contributed by atoms with Crippen LogP contribution >= 0.6 is 0 Å². The molecule has 0 bridgehead atoms. The summed E-state index contributed by atoms with van der Waals surface area (Å²) >= 11 is 0.